The van der Waals surface area contributed by atoms with E-state index in [1.165, 1.54) is 11.0 Å². The Labute approximate surface area is 177 Å². The Kier molecular flexibility index (Phi) is 6.47. The lowest BCUT2D eigenvalue weighted by Gasteiger charge is -2.25. The van der Waals surface area contributed by atoms with Gasteiger partial charge in [-0.05, 0) is 48.9 Å². The number of hydrogen-bond donors (Lipinski definition) is 2. The number of ketones is 1. The highest BCUT2D eigenvalue weighted by molar-refractivity contribution is 6.47. The zero-order valence-electron chi connectivity index (χ0n) is 15.6. The third-order valence-corrected chi connectivity index (χ3v) is 5.14. The van der Waals surface area contributed by atoms with Crippen molar-refractivity contribution in [2.75, 3.05) is 19.8 Å². The van der Waals surface area contributed by atoms with Crippen molar-refractivity contribution in [3.8, 4) is 5.75 Å². The van der Waals surface area contributed by atoms with Crippen molar-refractivity contribution in [2.45, 2.75) is 13.0 Å². The monoisotopic (exact) mass is 435 g/mol. The van der Waals surface area contributed by atoms with Gasteiger partial charge in [-0.15, -0.1) is 0 Å². The summed E-state index contributed by atoms with van der Waals surface area (Å²) in [5, 5.41) is 20.9. The molecule has 0 aromatic heterocycles. The van der Waals surface area contributed by atoms with Gasteiger partial charge in [-0.3, -0.25) is 9.59 Å². The fourth-order valence-electron chi connectivity index (χ4n) is 3.30. The van der Waals surface area contributed by atoms with Gasteiger partial charge in [0.25, 0.3) is 11.7 Å². The number of Topliss-reactive ketones (excluding diaryl/α,β-unsaturated/α-hetero) is 1. The van der Waals surface area contributed by atoms with Gasteiger partial charge in [0.05, 0.1) is 24.8 Å². The molecule has 2 aromatic rings. The highest BCUT2D eigenvalue weighted by Gasteiger charge is 2.46. The molecule has 1 saturated heterocycles. The molecule has 0 bridgehead atoms. The van der Waals surface area contributed by atoms with Gasteiger partial charge in [0, 0.05) is 22.2 Å². The molecule has 0 saturated carbocycles. The predicted molar refractivity (Wildman–Crippen MR) is 110 cm³/mol. The van der Waals surface area contributed by atoms with E-state index in [1.54, 1.807) is 36.4 Å². The largest absolute Gasteiger partial charge is 0.507 e. The maximum Gasteiger partial charge on any atom is 0.295 e. The van der Waals surface area contributed by atoms with Crippen molar-refractivity contribution in [3.63, 3.8) is 0 Å². The van der Waals surface area contributed by atoms with Crippen molar-refractivity contribution in [1.29, 1.82) is 0 Å². The van der Waals surface area contributed by atoms with Gasteiger partial charge in [0.2, 0.25) is 0 Å². The van der Waals surface area contributed by atoms with Crippen molar-refractivity contribution in [2.24, 2.45) is 0 Å². The minimum absolute atomic E-state index is 0.0890. The van der Waals surface area contributed by atoms with Crippen LogP contribution in [0.25, 0.3) is 5.76 Å². The Hall–Kier alpha value is -2.54. The number of rotatable bonds is 6. The summed E-state index contributed by atoms with van der Waals surface area (Å²) in [7, 11) is 0. The van der Waals surface area contributed by atoms with Crippen LogP contribution in [0, 0.1) is 0 Å². The van der Waals surface area contributed by atoms with E-state index in [0.717, 1.165) is 0 Å². The second kappa shape index (κ2) is 8.86. The minimum Gasteiger partial charge on any atom is -0.507 e. The molecule has 0 aliphatic carbocycles. The van der Waals surface area contributed by atoms with Crippen LogP contribution in [0.2, 0.25) is 10.0 Å². The van der Waals surface area contributed by atoms with Gasteiger partial charge >= 0.3 is 0 Å². The number of carbonyl (C=O) groups excluding carboxylic acids is 2. The van der Waals surface area contributed by atoms with Crippen LogP contribution in [0.15, 0.2) is 48.0 Å². The number of ether oxygens (including phenoxy) is 1. The average molecular weight is 436 g/mol. The number of carbonyl (C=O) groups is 2. The third kappa shape index (κ3) is 4.10. The number of hydrogen-bond acceptors (Lipinski definition) is 5. The second-order valence-electron chi connectivity index (χ2n) is 6.34. The van der Waals surface area contributed by atoms with Gasteiger partial charge in [-0.25, -0.2) is 0 Å². The molecule has 2 N–H and O–H groups in total. The molecule has 29 heavy (non-hydrogen) atoms. The van der Waals surface area contributed by atoms with E-state index in [-0.39, 0.29) is 29.5 Å². The molecule has 3 rings (SSSR count). The zero-order valence-corrected chi connectivity index (χ0v) is 17.1. The highest BCUT2D eigenvalue weighted by atomic mass is 35.5. The number of nitrogens with zero attached hydrogens (tertiary/aromatic N) is 1. The Morgan fingerprint density at radius 3 is 2.41 bits per heavy atom. The first-order valence-electron chi connectivity index (χ1n) is 8.96. The van der Waals surface area contributed by atoms with E-state index in [1.807, 2.05) is 6.92 Å². The molecule has 1 heterocycles. The maximum atomic E-state index is 12.8. The molecule has 1 amide bonds. The lowest BCUT2D eigenvalue weighted by molar-refractivity contribution is -0.140. The van der Waals surface area contributed by atoms with Crippen LogP contribution in [0.5, 0.6) is 5.75 Å². The SMILES string of the molecule is CCOc1ccc(/C(O)=C2/C(=O)C(=O)N(CCO)C2c2ccc(Cl)cc2Cl)cc1. The third-order valence-electron chi connectivity index (χ3n) is 4.58. The molecular weight excluding hydrogens is 417 g/mol. The quantitative estimate of drug-likeness (QED) is 0.409. The number of likely N-dealkylation sites (tertiary alicyclic amines) is 1. The molecule has 2 aromatic carbocycles. The lowest BCUT2D eigenvalue weighted by atomic mass is 9.95. The van der Waals surface area contributed by atoms with E-state index in [2.05, 4.69) is 0 Å². The molecule has 8 heteroatoms. The first-order chi connectivity index (χ1) is 13.9. The molecule has 1 aliphatic heterocycles. The van der Waals surface area contributed by atoms with E-state index >= 15 is 0 Å². The van der Waals surface area contributed by atoms with Gasteiger partial charge in [-0.1, -0.05) is 29.3 Å². The van der Waals surface area contributed by atoms with Crippen LogP contribution in [0.3, 0.4) is 0 Å². The molecule has 0 spiro atoms. The van der Waals surface area contributed by atoms with E-state index < -0.39 is 17.7 Å². The van der Waals surface area contributed by atoms with E-state index in [0.29, 0.717) is 28.5 Å². The van der Waals surface area contributed by atoms with Crippen molar-refractivity contribution in [1.82, 2.24) is 4.90 Å². The van der Waals surface area contributed by atoms with Crippen LogP contribution >= 0.6 is 23.2 Å². The molecule has 1 unspecified atom stereocenters. The molecular formula is C21H19Cl2NO5. The standard InChI is InChI=1S/C21H19Cl2NO5/c1-2-29-14-6-3-12(4-7-14)19(26)17-18(15-8-5-13(22)11-16(15)23)24(9-10-25)21(28)20(17)27/h3-8,11,18,25-26H,2,9-10H2,1H3/b19-17-. The van der Waals surface area contributed by atoms with Crippen LogP contribution < -0.4 is 4.74 Å². The zero-order chi connectivity index (χ0) is 21.1. The molecule has 1 atom stereocenters. The normalized spacial score (nSPS) is 18.3. The molecule has 6 nitrogen and oxygen atoms in total. The predicted octanol–water partition coefficient (Wildman–Crippen LogP) is 3.81. The summed E-state index contributed by atoms with van der Waals surface area (Å²) in [6.45, 7) is 1.91. The van der Waals surface area contributed by atoms with Crippen LogP contribution in [0.1, 0.15) is 24.1 Å². The van der Waals surface area contributed by atoms with Gasteiger partial charge < -0.3 is 19.8 Å². The summed E-state index contributed by atoms with van der Waals surface area (Å²) in [5.41, 5.74) is 0.679. The van der Waals surface area contributed by atoms with Gasteiger partial charge in [-0.2, -0.15) is 0 Å². The number of aliphatic hydroxyl groups is 2. The molecule has 152 valence electrons. The Morgan fingerprint density at radius 2 is 1.83 bits per heavy atom. The molecule has 1 aliphatic rings. The number of β-amino-alcohol motifs (C(OH)–C–C–N with tert-alkyl or cyclic N) is 1. The van der Waals surface area contributed by atoms with E-state index in [4.69, 9.17) is 27.9 Å². The fourth-order valence-corrected chi connectivity index (χ4v) is 3.81. The summed E-state index contributed by atoms with van der Waals surface area (Å²) in [5.74, 6) is -1.38. The minimum atomic E-state index is -0.946. The maximum absolute atomic E-state index is 12.8. The van der Waals surface area contributed by atoms with E-state index in [9.17, 15) is 19.8 Å². The summed E-state index contributed by atoms with van der Waals surface area (Å²) in [6.07, 6.45) is 0. The summed E-state index contributed by atoms with van der Waals surface area (Å²) in [6, 6.07) is 10.2. The molecule has 1 fully saturated rings. The van der Waals surface area contributed by atoms with Crippen LogP contribution in [-0.4, -0.2) is 46.6 Å². The number of halogens is 2. The Morgan fingerprint density at radius 1 is 1.14 bits per heavy atom. The Balaban J connectivity index is 2.15. The Bertz CT molecular complexity index is 972. The topological polar surface area (TPSA) is 87.1 Å². The van der Waals surface area contributed by atoms with Crippen LogP contribution in [0.4, 0.5) is 0 Å². The fraction of sp³-hybridized carbons (Fsp3) is 0.238. The number of benzene rings is 2. The van der Waals surface area contributed by atoms with Crippen molar-refractivity contribution in [3.05, 3.63) is 69.2 Å². The molecule has 0 radical (unpaired) electrons. The summed E-state index contributed by atoms with van der Waals surface area (Å²) in [4.78, 5) is 26.5. The van der Waals surface area contributed by atoms with Crippen molar-refractivity contribution < 1.29 is 24.5 Å². The van der Waals surface area contributed by atoms with Gasteiger partial charge in [0.1, 0.15) is 11.5 Å². The smallest absolute Gasteiger partial charge is 0.295 e. The number of aliphatic hydroxyl groups excluding tert-OH is 2. The summed E-state index contributed by atoms with van der Waals surface area (Å²) < 4.78 is 5.39. The average Bonchev–Trinajstić information content (AvgIpc) is 2.93. The van der Waals surface area contributed by atoms with Gasteiger partial charge in [0.15, 0.2) is 0 Å². The van der Waals surface area contributed by atoms with Crippen molar-refractivity contribution >= 4 is 40.7 Å². The number of amides is 1. The highest BCUT2D eigenvalue weighted by Crippen LogP contribution is 2.42. The van der Waals surface area contributed by atoms with Crippen LogP contribution in [-0.2, 0) is 9.59 Å². The second-order valence-corrected chi connectivity index (χ2v) is 7.18. The first-order valence-corrected chi connectivity index (χ1v) is 9.72. The lowest BCUT2D eigenvalue weighted by Crippen LogP contribution is -2.32. The summed E-state index contributed by atoms with van der Waals surface area (Å²) >= 11 is 12.3. The first kappa shape index (κ1) is 21.2.